The summed E-state index contributed by atoms with van der Waals surface area (Å²) < 4.78 is 5.63. The van der Waals surface area contributed by atoms with Crippen LogP contribution in [0.3, 0.4) is 0 Å². The van der Waals surface area contributed by atoms with Crippen molar-refractivity contribution in [3.05, 3.63) is 0 Å². The molecule has 0 aliphatic carbocycles. The quantitative estimate of drug-likeness (QED) is 0.570. The van der Waals surface area contributed by atoms with Gasteiger partial charge in [0.1, 0.15) is 0 Å². The summed E-state index contributed by atoms with van der Waals surface area (Å²) in [5.41, 5.74) is 0. The lowest BCUT2D eigenvalue weighted by atomic mass is 10.1. The molecule has 1 rings (SSSR count). The van der Waals surface area contributed by atoms with Gasteiger partial charge in [0, 0.05) is 0 Å². The first-order chi connectivity index (χ1) is 5.75. The Kier molecular flexibility index (Phi) is 5.14. The molecule has 1 heterocycles. The molecule has 72 valence electrons. The lowest BCUT2D eigenvalue weighted by molar-refractivity contribution is 0.105. The maximum Gasteiger partial charge on any atom is 0.0712 e. The van der Waals surface area contributed by atoms with Crippen molar-refractivity contribution in [1.29, 1.82) is 0 Å². The normalized spacial score (nSPS) is 35.8. The average Bonchev–Trinajstić information content (AvgIpc) is 2.36. The number of hydrogen-bond donors (Lipinski definition) is 0. The smallest absolute Gasteiger partial charge is 0.0712 e. The molecule has 0 N–H and O–H groups in total. The Morgan fingerprint density at radius 2 is 2.08 bits per heavy atom. The minimum Gasteiger partial charge on any atom is -0.376 e. The summed E-state index contributed by atoms with van der Waals surface area (Å²) in [6, 6.07) is 0. The molecule has 0 aromatic heterocycles. The van der Waals surface area contributed by atoms with Crippen molar-refractivity contribution in [2.24, 2.45) is 0 Å². The SMILES string of the molecule is CCCCCC1OCC(Br)C1Br. The second-order valence-corrected chi connectivity index (χ2v) is 5.56. The zero-order valence-electron chi connectivity index (χ0n) is 7.43. The third kappa shape index (κ3) is 3.00. The van der Waals surface area contributed by atoms with Crippen molar-refractivity contribution in [3.63, 3.8) is 0 Å². The first-order valence-corrected chi connectivity index (χ1v) is 6.48. The van der Waals surface area contributed by atoms with Gasteiger partial charge in [-0.15, -0.1) is 0 Å². The molecule has 1 saturated heterocycles. The molecule has 1 aliphatic heterocycles. The predicted molar refractivity (Wildman–Crippen MR) is 59.3 cm³/mol. The standard InChI is InChI=1S/C9H16Br2O/c1-2-3-4-5-8-9(11)7(10)6-12-8/h7-9H,2-6H2,1H3. The third-order valence-corrected chi connectivity index (χ3v) is 5.03. The van der Waals surface area contributed by atoms with Crippen LogP contribution < -0.4 is 0 Å². The van der Waals surface area contributed by atoms with E-state index in [1.165, 1.54) is 25.7 Å². The number of unbranched alkanes of at least 4 members (excludes halogenated alkanes) is 2. The van der Waals surface area contributed by atoms with Crippen LogP contribution >= 0.6 is 31.9 Å². The van der Waals surface area contributed by atoms with E-state index in [0.717, 1.165) is 6.61 Å². The number of alkyl halides is 2. The van der Waals surface area contributed by atoms with E-state index in [1.807, 2.05) is 0 Å². The third-order valence-electron chi connectivity index (χ3n) is 2.26. The van der Waals surface area contributed by atoms with Crippen LogP contribution in [0.15, 0.2) is 0 Å². The van der Waals surface area contributed by atoms with Crippen molar-refractivity contribution >= 4 is 31.9 Å². The average molecular weight is 300 g/mol. The van der Waals surface area contributed by atoms with Gasteiger partial charge in [-0.1, -0.05) is 58.0 Å². The number of ether oxygens (including phenoxy) is 1. The molecule has 0 bridgehead atoms. The minimum atomic E-state index is 0.431. The molecular weight excluding hydrogens is 284 g/mol. The molecule has 1 nitrogen and oxygen atoms in total. The summed E-state index contributed by atoms with van der Waals surface area (Å²) in [5, 5.41) is 0. The highest BCUT2D eigenvalue weighted by Gasteiger charge is 2.32. The minimum absolute atomic E-state index is 0.431. The van der Waals surface area contributed by atoms with Gasteiger partial charge in [-0.05, 0) is 6.42 Å². The largest absolute Gasteiger partial charge is 0.376 e. The van der Waals surface area contributed by atoms with Crippen LogP contribution in [0.25, 0.3) is 0 Å². The maximum atomic E-state index is 5.63. The monoisotopic (exact) mass is 298 g/mol. The van der Waals surface area contributed by atoms with E-state index in [1.54, 1.807) is 0 Å². The molecule has 0 saturated carbocycles. The summed E-state index contributed by atoms with van der Waals surface area (Å²) in [5.74, 6) is 0. The highest BCUT2D eigenvalue weighted by atomic mass is 79.9. The molecular formula is C9H16Br2O. The van der Waals surface area contributed by atoms with Gasteiger partial charge < -0.3 is 4.74 Å². The van der Waals surface area contributed by atoms with Gasteiger partial charge in [-0.2, -0.15) is 0 Å². The van der Waals surface area contributed by atoms with Crippen LogP contribution in [0.4, 0.5) is 0 Å². The fourth-order valence-corrected chi connectivity index (χ4v) is 2.53. The van der Waals surface area contributed by atoms with Crippen molar-refractivity contribution in [2.75, 3.05) is 6.61 Å². The fraction of sp³-hybridized carbons (Fsp3) is 1.00. The lowest BCUT2D eigenvalue weighted by Crippen LogP contribution is -2.19. The second-order valence-electron chi connectivity index (χ2n) is 3.33. The summed E-state index contributed by atoms with van der Waals surface area (Å²) in [6.45, 7) is 3.08. The summed E-state index contributed by atoms with van der Waals surface area (Å²) >= 11 is 7.23. The highest BCUT2D eigenvalue weighted by molar-refractivity contribution is 9.12. The van der Waals surface area contributed by atoms with E-state index >= 15 is 0 Å². The van der Waals surface area contributed by atoms with Crippen LogP contribution in [0, 0.1) is 0 Å². The van der Waals surface area contributed by atoms with Crippen molar-refractivity contribution in [3.8, 4) is 0 Å². The summed E-state index contributed by atoms with van der Waals surface area (Å²) in [4.78, 5) is 1.01. The topological polar surface area (TPSA) is 9.23 Å². The Hall–Kier alpha value is 0.920. The molecule has 3 atom stereocenters. The van der Waals surface area contributed by atoms with Crippen LogP contribution in [-0.2, 0) is 4.74 Å². The van der Waals surface area contributed by atoms with Gasteiger partial charge in [0.05, 0.1) is 22.4 Å². The summed E-state index contributed by atoms with van der Waals surface area (Å²) in [7, 11) is 0. The Labute approximate surface area is 91.5 Å². The maximum absolute atomic E-state index is 5.63. The van der Waals surface area contributed by atoms with E-state index in [0.29, 0.717) is 15.8 Å². The van der Waals surface area contributed by atoms with Crippen LogP contribution in [0.5, 0.6) is 0 Å². The zero-order valence-corrected chi connectivity index (χ0v) is 10.6. The summed E-state index contributed by atoms with van der Waals surface area (Å²) in [6.07, 6.45) is 5.54. The molecule has 3 unspecified atom stereocenters. The van der Waals surface area contributed by atoms with Crippen molar-refractivity contribution < 1.29 is 4.74 Å². The van der Waals surface area contributed by atoms with E-state index in [9.17, 15) is 0 Å². The van der Waals surface area contributed by atoms with Gasteiger partial charge in [0.2, 0.25) is 0 Å². The van der Waals surface area contributed by atoms with Crippen LogP contribution in [0.2, 0.25) is 0 Å². The molecule has 1 fully saturated rings. The van der Waals surface area contributed by atoms with Crippen LogP contribution in [-0.4, -0.2) is 22.4 Å². The van der Waals surface area contributed by atoms with Gasteiger partial charge in [0.25, 0.3) is 0 Å². The highest BCUT2D eigenvalue weighted by Crippen LogP contribution is 2.30. The first kappa shape index (κ1) is 11.0. The molecule has 1 aliphatic rings. The van der Waals surface area contributed by atoms with E-state index in [4.69, 9.17) is 4.74 Å². The molecule has 0 radical (unpaired) electrons. The van der Waals surface area contributed by atoms with Crippen LogP contribution in [0.1, 0.15) is 32.6 Å². The molecule has 0 amide bonds. The molecule has 0 spiro atoms. The number of hydrogen-bond acceptors (Lipinski definition) is 1. The van der Waals surface area contributed by atoms with Crippen molar-refractivity contribution in [1.82, 2.24) is 0 Å². The van der Waals surface area contributed by atoms with Gasteiger partial charge >= 0.3 is 0 Å². The molecule has 0 aromatic carbocycles. The predicted octanol–water partition coefficient (Wildman–Crippen LogP) is 3.49. The fourth-order valence-electron chi connectivity index (χ4n) is 1.47. The Morgan fingerprint density at radius 1 is 1.33 bits per heavy atom. The molecule has 0 aromatic rings. The van der Waals surface area contributed by atoms with Gasteiger partial charge in [-0.25, -0.2) is 0 Å². The first-order valence-electron chi connectivity index (χ1n) is 4.65. The number of rotatable bonds is 4. The van der Waals surface area contributed by atoms with Crippen molar-refractivity contribution in [2.45, 2.75) is 48.4 Å². The zero-order chi connectivity index (χ0) is 8.97. The van der Waals surface area contributed by atoms with E-state index in [2.05, 4.69) is 38.8 Å². The molecule has 3 heteroatoms. The lowest BCUT2D eigenvalue weighted by Gasteiger charge is -2.13. The van der Waals surface area contributed by atoms with Gasteiger partial charge in [-0.3, -0.25) is 0 Å². The molecule has 12 heavy (non-hydrogen) atoms. The Bertz CT molecular complexity index is 130. The van der Waals surface area contributed by atoms with E-state index in [-0.39, 0.29) is 0 Å². The van der Waals surface area contributed by atoms with E-state index < -0.39 is 0 Å². The Morgan fingerprint density at radius 3 is 2.58 bits per heavy atom. The number of halogens is 2. The van der Waals surface area contributed by atoms with Gasteiger partial charge in [0.15, 0.2) is 0 Å². The second kappa shape index (κ2) is 5.61. The Balaban J connectivity index is 2.16.